The van der Waals surface area contributed by atoms with Gasteiger partial charge in [-0.05, 0) is 44.4 Å². The highest BCUT2D eigenvalue weighted by atomic mass is 19.1. The van der Waals surface area contributed by atoms with Crippen molar-refractivity contribution in [1.82, 2.24) is 15.1 Å². The van der Waals surface area contributed by atoms with E-state index in [1.54, 1.807) is 6.92 Å². The topological polar surface area (TPSA) is 96.0 Å². The van der Waals surface area contributed by atoms with Gasteiger partial charge in [0.05, 0.1) is 12.5 Å². The number of hydrogen-bond acceptors (Lipinski definition) is 5. The van der Waals surface area contributed by atoms with Crippen LogP contribution in [0.5, 0.6) is 0 Å². The van der Waals surface area contributed by atoms with Crippen LogP contribution in [0, 0.1) is 11.7 Å². The summed E-state index contributed by atoms with van der Waals surface area (Å²) in [5.41, 5.74) is -0.951. The number of esters is 1. The quantitative estimate of drug-likeness (QED) is 0.590. The second kappa shape index (κ2) is 8.18. The third-order valence-electron chi connectivity index (χ3n) is 5.38. The van der Waals surface area contributed by atoms with Crippen LogP contribution < -0.4 is 5.32 Å². The van der Waals surface area contributed by atoms with Gasteiger partial charge in [0.25, 0.3) is 5.91 Å². The number of nitrogens with one attached hydrogen (secondary N) is 1. The normalized spacial score (nSPS) is 24.4. The molecule has 2 unspecified atom stereocenters. The molecule has 0 spiro atoms. The zero-order valence-electron chi connectivity index (χ0n) is 16.4. The number of benzene rings is 1. The molecule has 0 aliphatic carbocycles. The lowest BCUT2D eigenvalue weighted by Gasteiger charge is -2.32. The van der Waals surface area contributed by atoms with E-state index in [9.17, 15) is 23.6 Å². The molecule has 9 heteroatoms. The molecule has 2 saturated heterocycles. The fraction of sp³-hybridized carbons (Fsp3) is 0.500. The number of rotatable bonds is 5. The number of piperidine rings is 1. The number of nitrogens with zero attached hydrogens (tertiary/aromatic N) is 2. The van der Waals surface area contributed by atoms with Crippen molar-refractivity contribution >= 4 is 23.8 Å². The average Bonchev–Trinajstić information content (AvgIpc) is 2.92. The monoisotopic (exact) mass is 405 g/mol. The van der Waals surface area contributed by atoms with Gasteiger partial charge in [0.2, 0.25) is 5.91 Å². The van der Waals surface area contributed by atoms with Crippen LogP contribution in [0.2, 0.25) is 0 Å². The summed E-state index contributed by atoms with van der Waals surface area (Å²) in [7, 11) is 0. The van der Waals surface area contributed by atoms with Crippen molar-refractivity contribution in [2.45, 2.75) is 32.2 Å². The van der Waals surface area contributed by atoms with E-state index in [4.69, 9.17) is 4.74 Å². The van der Waals surface area contributed by atoms with Crippen molar-refractivity contribution in [1.29, 1.82) is 0 Å². The first kappa shape index (κ1) is 20.8. The van der Waals surface area contributed by atoms with Crippen LogP contribution in [0.4, 0.5) is 9.18 Å². The van der Waals surface area contributed by atoms with Gasteiger partial charge in [-0.25, -0.2) is 9.18 Å². The van der Waals surface area contributed by atoms with Crippen molar-refractivity contribution in [3.8, 4) is 0 Å². The zero-order chi connectivity index (χ0) is 21.2. The van der Waals surface area contributed by atoms with Crippen LogP contribution >= 0.6 is 0 Å². The number of amides is 4. The van der Waals surface area contributed by atoms with E-state index in [2.05, 4.69) is 5.32 Å². The predicted molar refractivity (Wildman–Crippen MR) is 99.9 cm³/mol. The van der Waals surface area contributed by atoms with Crippen molar-refractivity contribution in [2.75, 3.05) is 26.2 Å². The SMILES string of the molecule is CCOC(=O)C1CCCN(C(=O)CN2C(=O)NC(C)(c3ccc(F)cc3)C2=O)C1. The first-order valence-corrected chi connectivity index (χ1v) is 9.60. The first-order chi connectivity index (χ1) is 13.8. The van der Waals surface area contributed by atoms with E-state index >= 15 is 0 Å². The first-order valence-electron chi connectivity index (χ1n) is 9.60. The highest BCUT2D eigenvalue weighted by Gasteiger charge is 2.49. The molecule has 2 fully saturated rings. The molecule has 0 radical (unpaired) electrons. The maximum atomic E-state index is 13.2. The highest BCUT2D eigenvalue weighted by Crippen LogP contribution is 2.29. The van der Waals surface area contributed by atoms with Gasteiger partial charge in [0.1, 0.15) is 17.9 Å². The summed E-state index contributed by atoms with van der Waals surface area (Å²) in [6.07, 6.45) is 1.27. The molecule has 2 heterocycles. The Balaban J connectivity index is 1.69. The largest absolute Gasteiger partial charge is 0.466 e. The van der Waals surface area contributed by atoms with Crippen molar-refractivity contribution < 1.29 is 28.3 Å². The lowest BCUT2D eigenvalue weighted by atomic mass is 9.92. The molecule has 29 heavy (non-hydrogen) atoms. The second-order valence-corrected chi connectivity index (χ2v) is 7.38. The molecule has 4 amide bonds. The van der Waals surface area contributed by atoms with Crippen molar-refractivity contribution in [2.24, 2.45) is 5.92 Å². The summed E-state index contributed by atoms with van der Waals surface area (Å²) >= 11 is 0. The maximum Gasteiger partial charge on any atom is 0.325 e. The lowest BCUT2D eigenvalue weighted by molar-refractivity contribution is -0.152. The van der Waals surface area contributed by atoms with E-state index < -0.39 is 41.7 Å². The lowest BCUT2D eigenvalue weighted by Crippen LogP contribution is -2.48. The minimum Gasteiger partial charge on any atom is -0.466 e. The van der Waals surface area contributed by atoms with Gasteiger partial charge < -0.3 is 15.0 Å². The Morgan fingerprint density at radius 1 is 1.28 bits per heavy atom. The van der Waals surface area contributed by atoms with Crippen LogP contribution in [0.25, 0.3) is 0 Å². The summed E-state index contributed by atoms with van der Waals surface area (Å²) in [6, 6.07) is 4.57. The number of ether oxygens (including phenoxy) is 1. The van der Waals surface area contributed by atoms with Gasteiger partial charge in [0.15, 0.2) is 0 Å². The smallest absolute Gasteiger partial charge is 0.325 e. The second-order valence-electron chi connectivity index (χ2n) is 7.38. The molecule has 1 aromatic carbocycles. The number of hydrogen-bond donors (Lipinski definition) is 1. The number of likely N-dealkylation sites (tertiary alicyclic amines) is 1. The number of urea groups is 1. The Morgan fingerprint density at radius 2 is 1.97 bits per heavy atom. The van der Waals surface area contributed by atoms with Crippen LogP contribution in [0.15, 0.2) is 24.3 Å². The molecule has 0 saturated carbocycles. The molecular formula is C20H24FN3O5. The Hall–Kier alpha value is -2.97. The van der Waals surface area contributed by atoms with Crippen LogP contribution in [0.3, 0.4) is 0 Å². The molecule has 0 aromatic heterocycles. The number of halogens is 1. The number of carbonyl (C=O) groups is 4. The van der Waals surface area contributed by atoms with E-state index in [1.165, 1.54) is 36.1 Å². The summed E-state index contributed by atoms with van der Waals surface area (Å²) in [5.74, 6) is -2.20. The Labute approximate surface area is 168 Å². The predicted octanol–water partition coefficient (Wildman–Crippen LogP) is 1.39. The molecule has 2 atom stereocenters. The third kappa shape index (κ3) is 4.08. The van der Waals surface area contributed by atoms with Crippen LogP contribution in [0.1, 0.15) is 32.3 Å². The Bertz CT molecular complexity index is 828. The minimum absolute atomic E-state index is 0.205. The van der Waals surface area contributed by atoms with E-state index in [0.29, 0.717) is 24.9 Å². The highest BCUT2D eigenvalue weighted by molar-refractivity contribution is 6.09. The van der Waals surface area contributed by atoms with Gasteiger partial charge in [-0.1, -0.05) is 12.1 Å². The Kier molecular flexibility index (Phi) is 5.86. The summed E-state index contributed by atoms with van der Waals surface area (Å²) in [5, 5.41) is 2.59. The van der Waals surface area contributed by atoms with Gasteiger partial charge in [-0.2, -0.15) is 0 Å². The summed E-state index contributed by atoms with van der Waals surface area (Å²) < 4.78 is 18.2. The average molecular weight is 405 g/mol. The molecule has 1 N–H and O–H groups in total. The fourth-order valence-electron chi connectivity index (χ4n) is 3.71. The van der Waals surface area contributed by atoms with E-state index in [1.807, 2.05) is 0 Å². The zero-order valence-corrected chi connectivity index (χ0v) is 16.4. The van der Waals surface area contributed by atoms with E-state index in [0.717, 1.165) is 4.90 Å². The standard InChI is InChI=1S/C20H24FN3O5/c1-3-29-17(26)13-5-4-10-23(11-13)16(25)12-24-18(27)20(2,22-19(24)28)14-6-8-15(21)9-7-14/h6-9,13H,3-5,10-12H2,1-2H3,(H,22,28). The number of imide groups is 1. The van der Waals surface area contributed by atoms with Crippen molar-refractivity contribution in [3.05, 3.63) is 35.6 Å². The van der Waals surface area contributed by atoms with Gasteiger partial charge >= 0.3 is 12.0 Å². The maximum absolute atomic E-state index is 13.2. The van der Waals surface area contributed by atoms with Crippen LogP contribution in [-0.2, 0) is 24.7 Å². The van der Waals surface area contributed by atoms with E-state index in [-0.39, 0.29) is 19.1 Å². The van der Waals surface area contributed by atoms with Gasteiger partial charge in [-0.15, -0.1) is 0 Å². The molecule has 3 rings (SSSR count). The van der Waals surface area contributed by atoms with Gasteiger partial charge in [-0.3, -0.25) is 19.3 Å². The third-order valence-corrected chi connectivity index (χ3v) is 5.38. The summed E-state index contributed by atoms with van der Waals surface area (Å²) in [4.78, 5) is 52.3. The Morgan fingerprint density at radius 3 is 2.62 bits per heavy atom. The molecule has 2 aliphatic rings. The molecular weight excluding hydrogens is 381 g/mol. The number of carbonyl (C=O) groups excluding carboxylic acids is 4. The van der Waals surface area contributed by atoms with Gasteiger partial charge in [0, 0.05) is 13.1 Å². The molecule has 8 nitrogen and oxygen atoms in total. The molecule has 1 aromatic rings. The summed E-state index contributed by atoms with van der Waals surface area (Å²) in [6.45, 7) is 3.75. The van der Waals surface area contributed by atoms with Crippen molar-refractivity contribution in [3.63, 3.8) is 0 Å². The minimum atomic E-state index is -1.37. The molecule has 2 aliphatic heterocycles. The molecule has 0 bridgehead atoms. The fourth-order valence-corrected chi connectivity index (χ4v) is 3.71. The molecule has 156 valence electrons. The van der Waals surface area contributed by atoms with Crippen LogP contribution in [-0.4, -0.2) is 59.9 Å².